The fraction of sp³-hybridized carbons (Fsp3) is 0. The van der Waals surface area contributed by atoms with Crippen molar-refractivity contribution in [2.75, 3.05) is 0 Å². The molecule has 1 aliphatic carbocycles. The van der Waals surface area contributed by atoms with Crippen molar-refractivity contribution in [3.63, 3.8) is 0 Å². The highest BCUT2D eigenvalue weighted by atomic mass is 19.2. The summed E-state index contributed by atoms with van der Waals surface area (Å²) in [7, 11) is 0. The van der Waals surface area contributed by atoms with Crippen LogP contribution in [0.4, 0.5) is 17.6 Å². The van der Waals surface area contributed by atoms with Crippen molar-refractivity contribution in [2.24, 2.45) is 0 Å². The SMILES string of the molecule is N#C/C(=C1\c2ccccc2-c2ncccc21)c1c(F)c(F)cc(F)c1F. The second kappa shape index (κ2) is 5.81. The first-order valence-electron chi connectivity index (χ1n) is 7.57. The first kappa shape index (κ1) is 16.0. The lowest BCUT2D eigenvalue weighted by atomic mass is 9.93. The Balaban J connectivity index is 2.17. The normalized spacial score (nSPS) is 13.8. The molecular formula is C20H8F4N2. The number of rotatable bonds is 1. The molecule has 0 atom stereocenters. The van der Waals surface area contributed by atoms with Crippen molar-refractivity contribution >= 4 is 11.1 Å². The zero-order valence-electron chi connectivity index (χ0n) is 13.0. The molecule has 2 nitrogen and oxygen atoms in total. The van der Waals surface area contributed by atoms with Crippen LogP contribution in [0.2, 0.25) is 0 Å². The second-order valence-electron chi connectivity index (χ2n) is 5.65. The van der Waals surface area contributed by atoms with Crippen LogP contribution in [0.15, 0.2) is 48.7 Å². The van der Waals surface area contributed by atoms with Gasteiger partial charge in [-0.05, 0) is 11.6 Å². The third-order valence-corrected chi connectivity index (χ3v) is 4.25. The van der Waals surface area contributed by atoms with Crippen molar-refractivity contribution in [2.45, 2.75) is 0 Å². The van der Waals surface area contributed by atoms with E-state index in [2.05, 4.69) is 4.98 Å². The lowest BCUT2D eigenvalue weighted by molar-refractivity contribution is 0.450. The van der Waals surface area contributed by atoms with Crippen LogP contribution >= 0.6 is 0 Å². The van der Waals surface area contributed by atoms with Crippen LogP contribution in [-0.4, -0.2) is 4.98 Å². The predicted molar refractivity (Wildman–Crippen MR) is 87.5 cm³/mol. The lowest BCUT2D eigenvalue weighted by Gasteiger charge is -2.10. The van der Waals surface area contributed by atoms with E-state index in [1.165, 1.54) is 0 Å². The Bertz CT molecular complexity index is 1070. The van der Waals surface area contributed by atoms with Crippen molar-refractivity contribution in [3.8, 4) is 17.3 Å². The van der Waals surface area contributed by atoms with E-state index in [0.29, 0.717) is 22.4 Å². The first-order valence-corrected chi connectivity index (χ1v) is 7.57. The van der Waals surface area contributed by atoms with Crippen molar-refractivity contribution in [3.05, 3.63) is 88.6 Å². The Morgan fingerprint density at radius 2 is 1.46 bits per heavy atom. The smallest absolute Gasteiger partial charge is 0.170 e. The summed E-state index contributed by atoms with van der Waals surface area (Å²) >= 11 is 0. The van der Waals surface area contributed by atoms with E-state index >= 15 is 0 Å². The highest BCUT2D eigenvalue weighted by Gasteiger charge is 2.31. The van der Waals surface area contributed by atoms with Gasteiger partial charge in [-0.1, -0.05) is 30.3 Å². The molecule has 3 aromatic rings. The van der Waals surface area contributed by atoms with Crippen LogP contribution in [0.1, 0.15) is 16.7 Å². The molecule has 6 heteroatoms. The Morgan fingerprint density at radius 3 is 2.12 bits per heavy atom. The summed E-state index contributed by atoms with van der Waals surface area (Å²) in [6.07, 6.45) is 1.55. The minimum absolute atomic E-state index is 0.117. The van der Waals surface area contributed by atoms with Crippen LogP contribution < -0.4 is 0 Å². The zero-order valence-corrected chi connectivity index (χ0v) is 13.0. The van der Waals surface area contributed by atoms with Gasteiger partial charge in [0.05, 0.1) is 16.8 Å². The molecule has 0 radical (unpaired) electrons. The summed E-state index contributed by atoms with van der Waals surface area (Å²) in [5.74, 6) is -6.35. The van der Waals surface area contributed by atoms with Crippen molar-refractivity contribution < 1.29 is 17.6 Å². The Kier molecular flexibility index (Phi) is 3.58. The Hall–Kier alpha value is -3.46. The number of hydrogen-bond donors (Lipinski definition) is 0. The van der Waals surface area contributed by atoms with Crippen LogP contribution in [-0.2, 0) is 0 Å². The van der Waals surface area contributed by atoms with E-state index in [1.807, 2.05) is 0 Å². The largest absolute Gasteiger partial charge is 0.256 e. The molecule has 0 fully saturated rings. The third kappa shape index (κ3) is 2.14. The number of benzene rings is 2. The number of hydrogen-bond acceptors (Lipinski definition) is 2. The number of aromatic nitrogens is 1. The van der Waals surface area contributed by atoms with Crippen molar-refractivity contribution in [1.82, 2.24) is 4.98 Å². The van der Waals surface area contributed by atoms with E-state index in [4.69, 9.17) is 0 Å². The van der Waals surface area contributed by atoms with Gasteiger partial charge in [-0.25, -0.2) is 17.6 Å². The average Bonchev–Trinajstić information content (AvgIpc) is 2.98. The summed E-state index contributed by atoms with van der Waals surface area (Å²) in [5, 5.41) is 9.62. The number of pyridine rings is 1. The molecule has 126 valence electrons. The van der Waals surface area contributed by atoms with Crippen LogP contribution in [0.25, 0.3) is 22.4 Å². The fourth-order valence-electron chi connectivity index (χ4n) is 3.17. The van der Waals surface area contributed by atoms with Gasteiger partial charge in [0.15, 0.2) is 23.3 Å². The van der Waals surface area contributed by atoms with E-state index in [9.17, 15) is 22.8 Å². The molecule has 1 aliphatic rings. The maximum atomic E-state index is 14.3. The average molecular weight is 352 g/mol. The van der Waals surface area contributed by atoms with E-state index in [0.717, 1.165) is 0 Å². The summed E-state index contributed by atoms with van der Waals surface area (Å²) < 4.78 is 55.9. The molecule has 26 heavy (non-hydrogen) atoms. The molecule has 0 amide bonds. The first-order chi connectivity index (χ1) is 12.5. The van der Waals surface area contributed by atoms with Gasteiger partial charge in [-0.3, -0.25) is 4.98 Å². The number of fused-ring (bicyclic) bond motifs is 3. The van der Waals surface area contributed by atoms with E-state index in [1.54, 1.807) is 48.7 Å². The fourth-order valence-corrected chi connectivity index (χ4v) is 3.17. The molecule has 1 aromatic heterocycles. The van der Waals surface area contributed by atoms with Gasteiger partial charge in [0, 0.05) is 29.0 Å². The maximum Gasteiger partial charge on any atom is 0.170 e. The van der Waals surface area contributed by atoms with Gasteiger partial charge in [0.1, 0.15) is 6.07 Å². The van der Waals surface area contributed by atoms with Gasteiger partial charge in [0.2, 0.25) is 0 Å². The molecule has 0 N–H and O–H groups in total. The molecule has 1 heterocycles. The minimum Gasteiger partial charge on any atom is -0.256 e. The molecule has 0 saturated carbocycles. The van der Waals surface area contributed by atoms with Crippen LogP contribution in [0, 0.1) is 34.6 Å². The van der Waals surface area contributed by atoms with Crippen LogP contribution in [0.5, 0.6) is 0 Å². The van der Waals surface area contributed by atoms with Gasteiger partial charge >= 0.3 is 0 Å². The summed E-state index contributed by atoms with van der Waals surface area (Å²) in [6, 6.07) is 11.9. The number of allylic oxidation sites excluding steroid dienone is 1. The minimum atomic E-state index is -1.61. The molecule has 0 saturated heterocycles. The van der Waals surface area contributed by atoms with E-state index in [-0.39, 0.29) is 11.6 Å². The second-order valence-corrected chi connectivity index (χ2v) is 5.65. The number of nitriles is 1. The summed E-state index contributed by atoms with van der Waals surface area (Å²) in [6.45, 7) is 0. The lowest BCUT2D eigenvalue weighted by Crippen LogP contribution is -2.03. The topological polar surface area (TPSA) is 36.7 Å². The third-order valence-electron chi connectivity index (χ3n) is 4.25. The number of nitrogens with zero attached hydrogens (tertiary/aromatic N) is 2. The van der Waals surface area contributed by atoms with Crippen molar-refractivity contribution in [1.29, 1.82) is 5.26 Å². The molecule has 0 aliphatic heterocycles. The van der Waals surface area contributed by atoms with E-state index < -0.39 is 34.4 Å². The molecule has 0 bridgehead atoms. The van der Waals surface area contributed by atoms with Gasteiger partial charge in [-0.15, -0.1) is 0 Å². The molecule has 0 spiro atoms. The van der Waals surface area contributed by atoms with Crippen LogP contribution in [0.3, 0.4) is 0 Å². The standard InChI is InChI=1S/C20H8F4N2/c21-14-8-15(22)19(24)17(18(14)23)13(9-25)16-10-4-1-2-5-11(10)20-12(16)6-3-7-26-20/h1-8H/b16-13-. The Morgan fingerprint density at radius 1 is 0.846 bits per heavy atom. The highest BCUT2D eigenvalue weighted by Crippen LogP contribution is 2.46. The number of halogens is 4. The summed E-state index contributed by atoms with van der Waals surface area (Å²) in [5.41, 5.74) is 0.861. The molecule has 0 unspecified atom stereocenters. The van der Waals surface area contributed by atoms with Gasteiger partial charge in [0.25, 0.3) is 0 Å². The monoisotopic (exact) mass is 352 g/mol. The summed E-state index contributed by atoms with van der Waals surface area (Å²) in [4.78, 5) is 4.26. The quantitative estimate of drug-likeness (QED) is 0.271. The maximum absolute atomic E-state index is 14.3. The zero-order chi connectivity index (χ0) is 18.4. The van der Waals surface area contributed by atoms with Gasteiger partial charge in [-0.2, -0.15) is 5.26 Å². The molecule has 4 rings (SSSR count). The molecular weight excluding hydrogens is 344 g/mol. The Labute approximate surface area is 145 Å². The predicted octanol–water partition coefficient (Wildman–Crippen LogP) is 5.10. The van der Waals surface area contributed by atoms with Gasteiger partial charge < -0.3 is 0 Å². The molecule has 2 aromatic carbocycles. The highest BCUT2D eigenvalue weighted by molar-refractivity contribution is 6.12.